The molecule has 1 aromatic heterocycles. The van der Waals surface area contributed by atoms with Gasteiger partial charge in [0, 0.05) is 17.1 Å². The van der Waals surface area contributed by atoms with Crippen LogP contribution in [0, 0.1) is 0 Å². The van der Waals surface area contributed by atoms with Gasteiger partial charge in [-0.15, -0.1) is 0 Å². The summed E-state index contributed by atoms with van der Waals surface area (Å²) < 4.78 is 83.3. The lowest BCUT2D eigenvalue weighted by Gasteiger charge is -2.21. The van der Waals surface area contributed by atoms with Crippen LogP contribution in [0.5, 0.6) is 0 Å². The normalized spacial score (nSPS) is 17.5. The number of amides is 1. The van der Waals surface area contributed by atoms with Gasteiger partial charge in [-0.3, -0.25) is 4.79 Å². The van der Waals surface area contributed by atoms with Gasteiger partial charge in [-0.1, -0.05) is 47.1 Å². The summed E-state index contributed by atoms with van der Waals surface area (Å²) in [6.07, 6.45) is -6.35. The van der Waals surface area contributed by atoms with Crippen LogP contribution in [-0.2, 0) is 18.8 Å². The molecular formula is C26H19F6N4O+. The second kappa shape index (κ2) is 9.06. The standard InChI is InChI=1S/C26H18F6N4O/c27-25(28,29)18-10-17(11-19(13-18)26(30,31)32)24(37)34-23-21-9-5-4-6-16(21)12-22(23)35-14-33-36(15-35)20-7-2-1-3-8-20/h1-11,13-15,22-23H,12H2/p+1/t22?,23-/m1/s1. The zero-order chi connectivity index (χ0) is 26.4. The van der Waals surface area contributed by atoms with Crippen LogP contribution in [0.25, 0.3) is 5.69 Å². The number of nitrogens with zero attached hydrogens (tertiary/aromatic N) is 3. The SMILES string of the molecule is O=C(N[C@@H]1c2ccccc2CC1[n+]1cnn(-c2ccccc2)c1)c1cc(C(F)(F)F)cc(C(F)(F)F)c1. The average molecular weight is 517 g/mol. The first-order valence-electron chi connectivity index (χ1n) is 11.2. The number of hydrogen-bond donors (Lipinski definition) is 1. The summed E-state index contributed by atoms with van der Waals surface area (Å²) in [6.45, 7) is 0. The lowest BCUT2D eigenvalue weighted by molar-refractivity contribution is -0.725. The van der Waals surface area contributed by atoms with Gasteiger partial charge in [0.15, 0.2) is 0 Å². The van der Waals surface area contributed by atoms with Crippen LogP contribution in [0.2, 0.25) is 0 Å². The van der Waals surface area contributed by atoms with Crippen molar-refractivity contribution in [3.8, 4) is 5.69 Å². The van der Waals surface area contributed by atoms with Crippen molar-refractivity contribution < 1.29 is 35.7 Å². The van der Waals surface area contributed by atoms with Gasteiger partial charge in [-0.05, 0) is 41.5 Å². The molecule has 0 spiro atoms. The fourth-order valence-corrected chi connectivity index (χ4v) is 4.52. The largest absolute Gasteiger partial charge is 0.416 e. The number of hydrogen-bond acceptors (Lipinski definition) is 2. The molecule has 37 heavy (non-hydrogen) atoms. The van der Waals surface area contributed by atoms with Crippen LogP contribution in [0.1, 0.15) is 44.7 Å². The predicted molar refractivity (Wildman–Crippen MR) is 120 cm³/mol. The van der Waals surface area contributed by atoms with E-state index in [0.717, 1.165) is 16.8 Å². The number of nitrogens with one attached hydrogen (secondary N) is 1. The number of alkyl halides is 6. The topological polar surface area (TPSA) is 50.8 Å². The number of aromatic nitrogens is 3. The Morgan fingerprint density at radius 1 is 0.892 bits per heavy atom. The fraction of sp³-hybridized carbons (Fsp3) is 0.192. The maximum atomic E-state index is 13.3. The van der Waals surface area contributed by atoms with E-state index < -0.39 is 47.0 Å². The molecule has 0 saturated heterocycles. The third-order valence-electron chi connectivity index (χ3n) is 6.30. The van der Waals surface area contributed by atoms with Gasteiger partial charge >= 0.3 is 12.4 Å². The third-order valence-corrected chi connectivity index (χ3v) is 6.30. The van der Waals surface area contributed by atoms with Gasteiger partial charge in [-0.25, -0.2) is 4.57 Å². The zero-order valence-corrected chi connectivity index (χ0v) is 19.0. The molecular weight excluding hydrogens is 498 g/mol. The Bertz CT molecular complexity index is 1410. The van der Waals surface area contributed by atoms with Crippen molar-refractivity contribution >= 4 is 5.91 Å². The highest BCUT2D eigenvalue weighted by molar-refractivity contribution is 5.95. The molecule has 0 saturated carbocycles. The molecule has 0 bridgehead atoms. The fourth-order valence-electron chi connectivity index (χ4n) is 4.52. The Balaban J connectivity index is 1.50. The van der Waals surface area contributed by atoms with Gasteiger partial charge in [0.1, 0.15) is 11.7 Å². The maximum Gasteiger partial charge on any atom is 0.416 e. The van der Waals surface area contributed by atoms with E-state index in [2.05, 4.69) is 10.4 Å². The van der Waals surface area contributed by atoms with E-state index in [0.29, 0.717) is 18.6 Å². The van der Waals surface area contributed by atoms with E-state index in [1.165, 1.54) is 0 Å². The second-order valence-electron chi connectivity index (χ2n) is 8.69. The molecule has 190 valence electrons. The monoisotopic (exact) mass is 517 g/mol. The predicted octanol–water partition coefficient (Wildman–Crippen LogP) is 5.47. The summed E-state index contributed by atoms with van der Waals surface area (Å²) in [6, 6.07) is 16.2. The first-order valence-corrected chi connectivity index (χ1v) is 11.2. The Morgan fingerprint density at radius 2 is 1.51 bits per heavy atom. The van der Waals surface area contributed by atoms with E-state index in [9.17, 15) is 31.1 Å². The molecule has 5 rings (SSSR count). The highest BCUT2D eigenvalue weighted by Gasteiger charge is 2.40. The summed E-state index contributed by atoms with van der Waals surface area (Å²) in [7, 11) is 0. The maximum absolute atomic E-state index is 13.3. The van der Waals surface area contributed by atoms with Crippen molar-refractivity contribution in [2.75, 3.05) is 0 Å². The molecule has 0 fully saturated rings. The summed E-state index contributed by atoms with van der Waals surface area (Å²) in [4.78, 5) is 13.1. The Morgan fingerprint density at radius 3 is 2.16 bits per heavy atom. The molecule has 0 radical (unpaired) electrons. The number of halogens is 6. The summed E-state index contributed by atoms with van der Waals surface area (Å²) >= 11 is 0. The molecule has 0 aliphatic heterocycles. The van der Waals surface area contributed by atoms with Crippen LogP contribution in [-0.4, -0.2) is 15.7 Å². The van der Waals surface area contributed by atoms with Crippen molar-refractivity contribution in [1.82, 2.24) is 15.1 Å². The van der Waals surface area contributed by atoms with Gasteiger partial charge in [0.2, 0.25) is 6.33 Å². The number of carbonyl (C=O) groups excluding carboxylic acids is 1. The number of rotatable bonds is 4. The van der Waals surface area contributed by atoms with Crippen molar-refractivity contribution in [2.24, 2.45) is 0 Å². The molecule has 1 amide bonds. The van der Waals surface area contributed by atoms with Crippen LogP contribution in [0.15, 0.2) is 85.5 Å². The van der Waals surface area contributed by atoms with E-state index in [-0.39, 0.29) is 6.07 Å². The molecule has 11 heteroatoms. The molecule has 1 aliphatic carbocycles. The molecule has 1 aliphatic rings. The highest BCUT2D eigenvalue weighted by Crippen LogP contribution is 2.38. The molecule has 1 heterocycles. The summed E-state index contributed by atoms with van der Waals surface area (Å²) in [5.41, 5.74) is -1.40. The molecule has 4 aromatic rings. The first kappa shape index (κ1) is 24.5. The second-order valence-corrected chi connectivity index (χ2v) is 8.69. The minimum Gasteiger partial charge on any atom is -0.342 e. The first-order chi connectivity index (χ1) is 17.5. The van der Waals surface area contributed by atoms with Crippen molar-refractivity contribution in [3.05, 3.63) is 113 Å². The average Bonchev–Trinajstić information content (AvgIpc) is 3.49. The van der Waals surface area contributed by atoms with Gasteiger partial charge in [0.25, 0.3) is 12.2 Å². The lowest BCUT2D eigenvalue weighted by Crippen LogP contribution is -2.45. The van der Waals surface area contributed by atoms with Crippen molar-refractivity contribution in [1.29, 1.82) is 0 Å². The Kier molecular flexibility index (Phi) is 6.01. The number of para-hydroxylation sites is 1. The van der Waals surface area contributed by atoms with E-state index in [4.69, 9.17) is 0 Å². The number of carbonyl (C=O) groups is 1. The minimum absolute atomic E-state index is 0.00171. The Labute approximate surface area is 207 Å². The van der Waals surface area contributed by atoms with Crippen LogP contribution in [0.4, 0.5) is 26.3 Å². The van der Waals surface area contributed by atoms with E-state index in [1.807, 2.05) is 42.5 Å². The van der Waals surface area contributed by atoms with Crippen LogP contribution >= 0.6 is 0 Å². The van der Waals surface area contributed by atoms with Crippen molar-refractivity contribution in [2.45, 2.75) is 30.9 Å². The van der Waals surface area contributed by atoms with E-state index >= 15 is 0 Å². The highest BCUT2D eigenvalue weighted by atomic mass is 19.4. The third kappa shape index (κ3) is 4.93. The molecule has 2 atom stereocenters. The van der Waals surface area contributed by atoms with E-state index in [1.54, 1.807) is 34.0 Å². The van der Waals surface area contributed by atoms with Gasteiger partial charge < -0.3 is 5.32 Å². The van der Waals surface area contributed by atoms with Crippen molar-refractivity contribution in [3.63, 3.8) is 0 Å². The summed E-state index contributed by atoms with van der Waals surface area (Å²) in [5, 5.41) is 7.03. The molecule has 5 nitrogen and oxygen atoms in total. The van der Waals surface area contributed by atoms with Crippen LogP contribution in [0.3, 0.4) is 0 Å². The summed E-state index contributed by atoms with van der Waals surface area (Å²) in [5.74, 6) is -1.04. The molecule has 3 aromatic carbocycles. The smallest absolute Gasteiger partial charge is 0.342 e. The number of benzene rings is 3. The Hall–Kier alpha value is -4.15. The lowest BCUT2D eigenvalue weighted by atomic mass is 10.0. The van der Waals surface area contributed by atoms with Gasteiger partial charge in [0.05, 0.1) is 17.2 Å². The van der Waals surface area contributed by atoms with Crippen LogP contribution < -0.4 is 9.88 Å². The molecule has 1 unspecified atom stereocenters. The minimum atomic E-state index is -5.05. The zero-order valence-electron chi connectivity index (χ0n) is 19.0. The quantitative estimate of drug-likeness (QED) is 0.289. The number of fused-ring (bicyclic) bond motifs is 1. The molecule has 1 N–H and O–H groups in total. The van der Waals surface area contributed by atoms with Gasteiger partial charge in [-0.2, -0.15) is 26.3 Å².